The summed E-state index contributed by atoms with van der Waals surface area (Å²) in [6.45, 7) is 6.68. The van der Waals surface area contributed by atoms with Crippen LogP contribution in [0.1, 0.15) is 44.2 Å². The Morgan fingerprint density at radius 1 is 0.778 bits per heavy atom. The molecule has 0 aliphatic rings. The van der Waals surface area contributed by atoms with Gasteiger partial charge in [0.1, 0.15) is 0 Å². The monoisotopic (exact) mass is 238 g/mol. The lowest BCUT2D eigenvalue weighted by Gasteiger charge is -2.07. The summed E-state index contributed by atoms with van der Waals surface area (Å²) in [6, 6.07) is 17.9. The summed E-state index contributed by atoms with van der Waals surface area (Å²) in [6.07, 6.45) is 2.38. The van der Waals surface area contributed by atoms with Crippen LogP contribution in [0.3, 0.4) is 0 Å². The molecule has 2 rings (SSSR count). The minimum Gasteiger partial charge on any atom is -0.0651 e. The molecular formula is C18H22. The summed E-state index contributed by atoms with van der Waals surface area (Å²) >= 11 is 0. The van der Waals surface area contributed by atoms with Crippen LogP contribution in [-0.2, 0) is 6.42 Å². The summed E-state index contributed by atoms with van der Waals surface area (Å²) in [5.74, 6) is 0.603. The summed E-state index contributed by atoms with van der Waals surface area (Å²) < 4.78 is 0. The molecule has 0 heterocycles. The van der Waals surface area contributed by atoms with Crippen LogP contribution in [0.15, 0.2) is 48.5 Å². The Kier molecular flexibility index (Phi) is 4.19. The van der Waals surface area contributed by atoms with Crippen molar-refractivity contribution in [3.63, 3.8) is 0 Å². The van der Waals surface area contributed by atoms with Gasteiger partial charge in [0, 0.05) is 0 Å². The van der Waals surface area contributed by atoms with Gasteiger partial charge in [-0.05, 0) is 34.6 Å². The summed E-state index contributed by atoms with van der Waals surface area (Å²) in [4.78, 5) is 0. The minimum atomic E-state index is 0.603. The first kappa shape index (κ1) is 12.9. The van der Waals surface area contributed by atoms with E-state index < -0.39 is 0 Å². The Bertz CT molecular complexity index is 474. The van der Waals surface area contributed by atoms with Crippen molar-refractivity contribution >= 4 is 0 Å². The normalized spacial score (nSPS) is 10.9. The Morgan fingerprint density at radius 3 is 1.72 bits per heavy atom. The van der Waals surface area contributed by atoms with Gasteiger partial charge in [-0.25, -0.2) is 0 Å². The lowest BCUT2D eigenvalue weighted by atomic mass is 9.98. The highest BCUT2D eigenvalue weighted by Crippen LogP contribution is 2.23. The van der Waals surface area contributed by atoms with Gasteiger partial charge in [-0.2, -0.15) is 0 Å². The second-order valence-electron chi connectivity index (χ2n) is 5.22. The van der Waals surface area contributed by atoms with Gasteiger partial charge >= 0.3 is 0 Å². The Morgan fingerprint density at radius 2 is 1.28 bits per heavy atom. The molecule has 0 heteroatoms. The van der Waals surface area contributed by atoms with Crippen LogP contribution >= 0.6 is 0 Å². The smallest absolute Gasteiger partial charge is 0.0184 e. The number of rotatable bonds is 4. The quantitative estimate of drug-likeness (QED) is 0.666. The molecule has 0 aliphatic carbocycles. The molecule has 0 fully saturated rings. The van der Waals surface area contributed by atoms with E-state index in [4.69, 9.17) is 0 Å². The van der Waals surface area contributed by atoms with E-state index in [2.05, 4.69) is 69.3 Å². The molecule has 0 saturated heterocycles. The first-order chi connectivity index (χ1) is 8.70. The lowest BCUT2D eigenvalue weighted by Crippen LogP contribution is -1.87. The van der Waals surface area contributed by atoms with Crippen LogP contribution in [0.25, 0.3) is 11.1 Å². The maximum Gasteiger partial charge on any atom is -0.0184 e. The molecule has 0 nitrogen and oxygen atoms in total. The maximum atomic E-state index is 2.25. The van der Waals surface area contributed by atoms with Crippen molar-refractivity contribution in [2.45, 2.75) is 39.5 Å². The van der Waals surface area contributed by atoms with Crippen LogP contribution in [0.5, 0.6) is 0 Å². The highest BCUT2D eigenvalue weighted by Gasteiger charge is 2.01. The summed E-state index contributed by atoms with van der Waals surface area (Å²) in [5, 5.41) is 0. The van der Waals surface area contributed by atoms with Crippen LogP contribution < -0.4 is 0 Å². The fourth-order valence-corrected chi connectivity index (χ4v) is 2.21. The number of hydrogen-bond acceptors (Lipinski definition) is 0. The fourth-order valence-electron chi connectivity index (χ4n) is 2.21. The van der Waals surface area contributed by atoms with E-state index in [1.165, 1.54) is 35.1 Å². The third-order valence-electron chi connectivity index (χ3n) is 3.40. The molecule has 94 valence electrons. The van der Waals surface area contributed by atoms with E-state index >= 15 is 0 Å². The predicted molar refractivity (Wildman–Crippen MR) is 80.0 cm³/mol. The SMILES string of the molecule is CCCc1ccc(-c2ccc(C(C)C)cc2)cc1. The Labute approximate surface area is 111 Å². The molecule has 0 aromatic heterocycles. The molecule has 0 radical (unpaired) electrons. The zero-order chi connectivity index (χ0) is 13.0. The number of hydrogen-bond donors (Lipinski definition) is 0. The maximum absolute atomic E-state index is 2.25. The third kappa shape index (κ3) is 3.01. The number of benzene rings is 2. The van der Waals surface area contributed by atoms with Gasteiger partial charge in [-0.15, -0.1) is 0 Å². The molecule has 0 atom stereocenters. The third-order valence-corrected chi connectivity index (χ3v) is 3.40. The van der Waals surface area contributed by atoms with Gasteiger partial charge < -0.3 is 0 Å². The Hall–Kier alpha value is -1.56. The molecule has 18 heavy (non-hydrogen) atoms. The molecular weight excluding hydrogens is 216 g/mol. The highest BCUT2D eigenvalue weighted by atomic mass is 14.1. The van der Waals surface area contributed by atoms with Crippen molar-refractivity contribution in [2.24, 2.45) is 0 Å². The average Bonchev–Trinajstić information content (AvgIpc) is 2.40. The topological polar surface area (TPSA) is 0 Å². The molecule has 0 aliphatic heterocycles. The van der Waals surface area contributed by atoms with E-state index in [1.807, 2.05) is 0 Å². The molecule has 0 N–H and O–H groups in total. The van der Waals surface area contributed by atoms with Crippen molar-refractivity contribution in [1.82, 2.24) is 0 Å². The predicted octanol–water partition coefficient (Wildman–Crippen LogP) is 5.43. The number of aryl methyl sites for hydroxylation is 1. The van der Waals surface area contributed by atoms with Crippen molar-refractivity contribution < 1.29 is 0 Å². The van der Waals surface area contributed by atoms with Gasteiger partial charge in [-0.3, -0.25) is 0 Å². The van der Waals surface area contributed by atoms with E-state index in [0.717, 1.165) is 0 Å². The molecule has 2 aromatic carbocycles. The highest BCUT2D eigenvalue weighted by molar-refractivity contribution is 5.64. The molecule has 0 amide bonds. The van der Waals surface area contributed by atoms with Gasteiger partial charge in [0.05, 0.1) is 0 Å². The molecule has 0 saturated carbocycles. The van der Waals surface area contributed by atoms with Crippen LogP contribution in [-0.4, -0.2) is 0 Å². The van der Waals surface area contributed by atoms with Crippen molar-refractivity contribution in [2.75, 3.05) is 0 Å². The summed E-state index contributed by atoms with van der Waals surface area (Å²) in [5.41, 5.74) is 5.45. The molecule has 0 bridgehead atoms. The van der Waals surface area contributed by atoms with Crippen LogP contribution in [0.2, 0.25) is 0 Å². The largest absolute Gasteiger partial charge is 0.0651 e. The van der Waals surface area contributed by atoms with Gasteiger partial charge in [0.15, 0.2) is 0 Å². The van der Waals surface area contributed by atoms with Gasteiger partial charge in [0.25, 0.3) is 0 Å². The second-order valence-corrected chi connectivity index (χ2v) is 5.22. The van der Waals surface area contributed by atoms with E-state index in [0.29, 0.717) is 5.92 Å². The average molecular weight is 238 g/mol. The van der Waals surface area contributed by atoms with Crippen molar-refractivity contribution in [3.05, 3.63) is 59.7 Å². The van der Waals surface area contributed by atoms with Crippen LogP contribution in [0.4, 0.5) is 0 Å². The zero-order valence-electron chi connectivity index (χ0n) is 11.6. The lowest BCUT2D eigenvalue weighted by molar-refractivity contribution is 0.867. The first-order valence-electron chi connectivity index (χ1n) is 6.90. The standard InChI is InChI=1S/C18H22/c1-4-5-15-6-8-17(9-7-15)18-12-10-16(11-13-18)14(2)3/h6-14H,4-5H2,1-3H3. The van der Waals surface area contributed by atoms with E-state index in [1.54, 1.807) is 0 Å². The molecule has 0 unspecified atom stereocenters. The van der Waals surface area contributed by atoms with Crippen molar-refractivity contribution in [3.8, 4) is 11.1 Å². The molecule has 2 aromatic rings. The first-order valence-corrected chi connectivity index (χ1v) is 6.90. The van der Waals surface area contributed by atoms with Gasteiger partial charge in [0.2, 0.25) is 0 Å². The summed E-state index contributed by atoms with van der Waals surface area (Å²) in [7, 11) is 0. The van der Waals surface area contributed by atoms with Gasteiger partial charge in [-0.1, -0.05) is 75.7 Å². The van der Waals surface area contributed by atoms with Crippen LogP contribution in [0, 0.1) is 0 Å². The van der Waals surface area contributed by atoms with E-state index in [9.17, 15) is 0 Å². The zero-order valence-corrected chi connectivity index (χ0v) is 11.6. The molecule has 0 spiro atoms. The minimum absolute atomic E-state index is 0.603. The van der Waals surface area contributed by atoms with E-state index in [-0.39, 0.29) is 0 Å². The second kappa shape index (κ2) is 5.86. The Balaban J connectivity index is 2.20. The fraction of sp³-hybridized carbons (Fsp3) is 0.333. The van der Waals surface area contributed by atoms with Crippen molar-refractivity contribution in [1.29, 1.82) is 0 Å².